The van der Waals surface area contributed by atoms with Crippen molar-refractivity contribution in [2.45, 2.75) is 0 Å². The number of fused-ring (bicyclic) bond motifs is 1. The van der Waals surface area contributed by atoms with Gasteiger partial charge in [0.25, 0.3) is 5.91 Å². The summed E-state index contributed by atoms with van der Waals surface area (Å²) in [6.07, 6.45) is 0. The van der Waals surface area contributed by atoms with Crippen LogP contribution in [0.15, 0.2) is 48.5 Å². The third-order valence-corrected chi connectivity index (χ3v) is 4.57. The lowest BCUT2D eigenvalue weighted by atomic mass is 10.2. The Bertz CT molecular complexity index is 883. The van der Waals surface area contributed by atoms with E-state index in [1.54, 1.807) is 6.07 Å². The molecular weight excluding hydrogens is 338 g/mol. The first-order chi connectivity index (χ1) is 12.2. The summed E-state index contributed by atoms with van der Waals surface area (Å²) in [5, 5.41) is 4.58. The Hall–Kier alpha value is -2.50. The molecular formula is C19H18ClN3O2. The number of H-pyrrole nitrogens is 1. The minimum absolute atomic E-state index is 0.187. The number of aromatic amines is 1. The van der Waals surface area contributed by atoms with Crippen molar-refractivity contribution < 1.29 is 9.53 Å². The second-order valence-electron chi connectivity index (χ2n) is 5.99. The summed E-state index contributed by atoms with van der Waals surface area (Å²) < 4.78 is 5.41. The number of rotatable bonds is 3. The smallest absolute Gasteiger partial charge is 0.272 e. The second-order valence-corrected chi connectivity index (χ2v) is 6.42. The number of nitrogens with zero attached hydrogens (tertiary/aromatic N) is 1. The van der Waals surface area contributed by atoms with Gasteiger partial charge in [-0.05, 0) is 30.3 Å². The number of para-hydroxylation sites is 1. The fourth-order valence-electron chi connectivity index (χ4n) is 3.07. The van der Waals surface area contributed by atoms with Crippen molar-refractivity contribution in [3.05, 3.63) is 59.2 Å². The number of amides is 1. The molecule has 25 heavy (non-hydrogen) atoms. The largest absolute Gasteiger partial charge is 0.378 e. The van der Waals surface area contributed by atoms with Crippen LogP contribution in [-0.4, -0.2) is 37.2 Å². The Morgan fingerprint density at radius 3 is 2.72 bits per heavy atom. The topological polar surface area (TPSA) is 57.4 Å². The van der Waals surface area contributed by atoms with Crippen LogP contribution in [0, 0.1) is 0 Å². The predicted molar refractivity (Wildman–Crippen MR) is 101 cm³/mol. The first-order valence-electron chi connectivity index (χ1n) is 8.22. The Kier molecular flexibility index (Phi) is 4.34. The summed E-state index contributed by atoms with van der Waals surface area (Å²) >= 11 is 6.15. The number of benzene rings is 2. The van der Waals surface area contributed by atoms with Crippen LogP contribution >= 0.6 is 11.6 Å². The summed E-state index contributed by atoms with van der Waals surface area (Å²) in [4.78, 5) is 18.0. The van der Waals surface area contributed by atoms with Gasteiger partial charge in [0.1, 0.15) is 5.69 Å². The first-order valence-corrected chi connectivity index (χ1v) is 8.60. The van der Waals surface area contributed by atoms with Crippen LogP contribution in [0.3, 0.4) is 0 Å². The lowest BCUT2D eigenvalue weighted by Crippen LogP contribution is -2.36. The molecule has 1 aliphatic heterocycles. The monoisotopic (exact) mass is 355 g/mol. The van der Waals surface area contributed by atoms with E-state index in [9.17, 15) is 4.79 Å². The van der Waals surface area contributed by atoms with Gasteiger partial charge < -0.3 is 19.9 Å². The van der Waals surface area contributed by atoms with E-state index in [4.69, 9.17) is 16.3 Å². The lowest BCUT2D eigenvalue weighted by Gasteiger charge is -2.30. The van der Waals surface area contributed by atoms with E-state index < -0.39 is 0 Å². The van der Waals surface area contributed by atoms with Crippen molar-refractivity contribution in [1.29, 1.82) is 0 Å². The molecule has 2 heterocycles. The Balaban J connectivity index is 1.62. The number of anilines is 2. The van der Waals surface area contributed by atoms with Crippen molar-refractivity contribution in [3.63, 3.8) is 0 Å². The van der Waals surface area contributed by atoms with E-state index in [1.165, 1.54) is 0 Å². The van der Waals surface area contributed by atoms with E-state index in [0.29, 0.717) is 29.6 Å². The Morgan fingerprint density at radius 1 is 1.12 bits per heavy atom. The van der Waals surface area contributed by atoms with Crippen LogP contribution in [0.5, 0.6) is 0 Å². The number of halogens is 1. The molecule has 6 heteroatoms. The fraction of sp³-hybridized carbons (Fsp3) is 0.211. The molecule has 2 N–H and O–H groups in total. The molecule has 0 spiro atoms. The number of nitrogens with one attached hydrogen (secondary N) is 2. The van der Waals surface area contributed by atoms with Crippen LogP contribution in [0.4, 0.5) is 11.4 Å². The van der Waals surface area contributed by atoms with Crippen LogP contribution in [0.1, 0.15) is 10.5 Å². The number of morpholine rings is 1. The molecule has 1 amide bonds. The second kappa shape index (κ2) is 6.78. The van der Waals surface area contributed by atoms with Crippen LogP contribution in [0.2, 0.25) is 5.02 Å². The third-order valence-electron chi connectivity index (χ3n) is 4.33. The molecule has 2 aromatic carbocycles. The van der Waals surface area contributed by atoms with Gasteiger partial charge in [-0.2, -0.15) is 0 Å². The Labute approximate surface area is 150 Å². The number of hydrogen-bond acceptors (Lipinski definition) is 3. The van der Waals surface area contributed by atoms with Gasteiger partial charge in [0.05, 0.1) is 24.6 Å². The van der Waals surface area contributed by atoms with E-state index in [1.807, 2.05) is 42.5 Å². The van der Waals surface area contributed by atoms with Crippen molar-refractivity contribution in [3.8, 4) is 0 Å². The molecule has 128 valence electrons. The molecule has 1 aliphatic rings. The quantitative estimate of drug-likeness (QED) is 0.749. The molecule has 3 aromatic rings. The molecule has 0 aliphatic carbocycles. The average molecular weight is 356 g/mol. The minimum atomic E-state index is -0.187. The highest BCUT2D eigenvalue weighted by atomic mass is 35.5. The van der Waals surface area contributed by atoms with Gasteiger partial charge in [-0.15, -0.1) is 0 Å². The van der Waals surface area contributed by atoms with Crippen molar-refractivity contribution in [2.75, 3.05) is 36.5 Å². The predicted octanol–water partition coefficient (Wildman–Crippen LogP) is 3.91. The summed E-state index contributed by atoms with van der Waals surface area (Å²) in [5.74, 6) is -0.187. The lowest BCUT2D eigenvalue weighted by molar-refractivity contribution is 0.102. The van der Waals surface area contributed by atoms with E-state index in [2.05, 4.69) is 15.2 Å². The van der Waals surface area contributed by atoms with Gasteiger partial charge in [-0.1, -0.05) is 29.8 Å². The minimum Gasteiger partial charge on any atom is -0.378 e. The fourth-order valence-corrected chi connectivity index (χ4v) is 3.25. The van der Waals surface area contributed by atoms with Crippen molar-refractivity contribution in [2.24, 2.45) is 0 Å². The van der Waals surface area contributed by atoms with Gasteiger partial charge in [0, 0.05) is 29.0 Å². The van der Waals surface area contributed by atoms with Gasteiger partial charge in [0.15, 0.2) is 0 Å². The zero-order valence-electron chi connectivity index (χ0n) is 13.6. The van der Waals surface area contributed by atoms with Crippen LogP contribution in [0.25, 0.3) is 10.9 Å². The van der Waals surface area contributed by atoms with Gasteiger partial charge in [-0.25, -0.2) is 0 Å². The summed E-state index contributed by atoms with van der Waals surface area (Å²) in [6, 6.07) is 15.2. The van der Waals surface area contributed by atoms with Gasteiger partial charge >= 0.3 is 0 Å². The first kappa shape index (κ1) is 16.0. The number of hydrogen-bond donors (Lipinski definition) is 2. The number of carbonyl (C=O) groups is 1. The van der Waals surface area contributed by atoms with E-state index in [0.717, 1.165) is 29.7 Å². The molecule has 1 fully saturated rings. The zero-order chi connectivity index (χ0) is 17.2. The number of carbonyl (C=O) groups excluding carboxylic acids is 1. The van der Waals surface area contributed by atoms with E-state index in [-0.39, 0.29) is 5.91 Å². The standard InChI is InChI=1S/C19H18ClN3O2/c20-14-5-6-18(23-7-9-25-10-8-23)16(12-14)22-19(24)17-11-13-3-1-2-4-15(13)21-17/h1-6,11-12,21H,7-10H2,(H,22,24). The van der Waals surface area contributed by atoms with Crippen molar-refractivity contribution >= 4 is 39.8 Å². The molecule has 0 saturated carbocycles. The maximum absolute atomic E-state index is 12.7. The number of ether oxygens (including phenoxy) is 1. The van der Waals surface area contributed by atoms with Crippen molar-refractivity contribution in [1.82, 2.24) is 4.98 Å². The van der Waals surface area contributed by atoms with Crippen LogP contribution in [-0.2, 0) is 4.74 Å². The van der Waals surface area contributed by atoms with Gasteiger partial charge in [-0.3, -0.25) is 4.79 Å². The molecule has 1 aromatic heterocycles. The molecule has 5 nitrogen and oxygen atoms in total. The zero-order valence-corrected chi connectivity index (χ0v) is 14.3. The summed E-state index contributed by atoms with van der Waals surface area (Å²) in [5.41, 5.74) is 3.12. The molecule has 0 atom stereocenters. The molecule has 0 bridgehead atoms. The average Bonchev–Trinajstić information content (AvgIpc) is 3.07. The maximum atomic E-state index is 12.7. The SMILES string of the molecule is O=C(Nc1cc(Cl)ccc1N1CCOCC1)c1cc2ccccc2[nH]1. The highest BCUT2D eigenvalue weighted by Crippen LogP contribution is 2.30. The highest BCUT2D eigenvalue weighted by Gasteiger charge is 2.18. The molecule has 0 unspecified atom stereocenters. The number of aromatic nitrogens is 1. The van der Waals surface area contributed by atoms with Gasteiger partial charge in [0.2, 0.25) is 0 Å². The van der Waals surface area contributed by atoms with Crippen LogP contribution < -0.4 is 10.2 Å². The van der Waals surface area contributed by atoms with E-state index >= 15 is 0 Å². The summed E-state index contributed by atoms with van der Waals surface area (Å²) in [7, 11) is 0. The maximum Gasteiger partial charge on any atom is 0.272 e. The summed E-state index contributed by atoms with van der Waals surface area (Å²) in [6.45, 7) is 2.93. The molecule has 4 rings (SSSR count). The third kappa shape index (κ3) is 3.34. The highest BCUT2D eigenvalue weighted by molar-refractivity contribution is 6.31. The molecule has 0 radical (unpaired) electrons. The molecule has 1 saturated heterocycles. The Morgan fingerprint density at radius 2 is 1.92 bits per heavy atom. The normalized spacial score (nSPS) is 14.7.